The fraction of sp³-hybridized carbons (Fsp3) is 0.188. The number of rotatable bonds is 2. The molecule has 0 aliphatic carbocycles. The van der Waals surface area contributed by atoms with E-state index in [0.29, 0.717) is 11.4 Å². The zero-order chi connectivity index (χ0) is 15.0. The highest BCUT2D eigenvalue weighted by atomic mass is 79.9. The van der Waals surface area contributed by atoms with Gasteiger partial charge in [-0.25, -0.2) is 4.39 Å². The van der Waals surface area contributed by atoms with Gasteiger partial charge in [-0.05, 0) is 42.3 Å². The Hall–Kier alpha value is -1.33. The van der Waals surface area contributed by atoms with Crippen LogP contribution in [0, 0.1) is 12.7 Å². The molecule has 1 amide bonds. The second-order valence-electron chi connectivity index (χ2n) is 4.91. The largest absolute Gasteiger partial charge is 0.295 e. The number of hydrogen-bond donors (Lipinski definition) is 0. The van der Waals surface area contributed by atoms with Gasteiger partial charge < -0.3 is 0 Å². The van der Waals surface area contributed by atoms with Gasteiger partial charge in [0.1, 0.15) is 11.2 Å². The number of amides is 1. The third-order valence-electron chi connectivity index (χ3n) is 3.45. The molecule has 3 rings (SSSR count). The quantitative estimate of drug-likeness (QED) is 0.770. The van der Waals surface area contributed by atoms with E-state index in [9.17, 15) is 9.18 Å². The van der Waals surface area contributed by atoms with E-state index >= 15 is 0 Å². The van der Waals surface area contributed by atoms with Crippen molar-refractivity contribution >= 4 is 39.3 Å². The van der Waals surface area contributed by atoms with Crippen molar-refractivity contribution in [3.8, 4) is 0 Å². The van der Waals surface area contributed by atoms with Crippen LogP contribution in [0.25, 0.3) is 0 Å². The van der Waals surface area contributed by atoms with Crippen LogP contribution in [0.15, 0.2) is 46.9 Å². The van der Waals surface area contributed by atoms with Crippen molar-refractivity contribution in [1.29, 1.82) is 0 Å². The first-order valence-electron chi connectivity index (χ1n) is 6.51. The standard InChI is InChI=1S/C16H13BrFNOS/c1-10-2-7-13(18)8-14(10)19-15(20)9-21-16(19)11-3-5-12(17)6-4-11/h2-8,16H,9H2,1H3/t16-/m1/s1. The van der Waals surface area contributed by atoms with Gasteiger partial charge in [-0.3, -0.25) is 9.69 Å². The minimum atomic E-state index is -0.324. The Balaban J connectivity index is 2.03. The van der Waals surface area contributed by atoms with Crippen LogP contribution in [0.4, 0.5) is 10.1 Å². The predicted molar refractivity (Wildman–Crippen MR) is 88.0 cm³/mol. The molecule has 0 unspecified atom stereocenters. The maximum Gasteiger partial charge on any atom is 0.238 e. The topological polar surface area (TPSA) is 20.3 Å². The predicted octanol–water partition coefficient (Wildman–Crippen LogP) is 4.68. The summed E-state index contributed by atoms with van der Waals surface area (Å²) in [6.45, 7) is 1.89. The van der Waals surface area contributed by atoms with Crippen LogP contribution in [0.5, 0.6) is 0 Å². The molecule has 21 heavy (non-hydrogen) atoms. The Morgan fingerprint density at radius 2 is 1.95 bits per heavy atom. The number of aryl methyl sites for hydroxylation is 1. The van der Waals surface area contributed by atoms with Crippen LogP contribution in [-0.2, 0) is 4.79 Å². The zero-order valence-corrected chi connectivity index (χ0v) is 13.7. The van der Waals surface area contributed by atoms with Gasteiger partial charge in [0, 0.05) is 4.47 Å². The molecule has 1 atom stereocenters. The number of carbonyl (C=O) groups is 1. The van der Waals surface area contributed by atoms with E-state index in [1.165, 1.54) is 12.1 Å². The lowest BCUT2D eigenvalue weighted by molar-refractivity contribution is -0.115. The van der Waals surface area contributed by atoms with E-state index in [4.69, 9.17) is 0 Å². The van der Waals surface area contributed by atoms with Crippen LogP contribution >= 0.6 is 27.7 Å². The van der Waals surface area contributed by atoms with Gasteiger partial charge in [-0.15, -0.1) is 11.8 Å². The van der Waals surface area contributed by atoms with Crippen molar-refractivity contribution < 1.29 is 9.18 Å². The monoisotopic (exact) mass is 365 g/mol. The van der Waals surface area contributed by atoms with Crippen molar-refractivity contribution in [2.75, 3.05) is 10.7 Å². The summed E-state index contributed by atoms with van der Waals surface area (Å²) in [5.41, 5.74) is 2.59. The molecular weight excluding hydrogens is 353 g/mol. The summed E-state index contributed by atoms with van der Waals surface area (Å²) in [7, 11) is 0. The van der Waals surface area contributed by atoms with E-state index in [1.54, 1.807) is 22.7 Å². The summed E-state index contributed by atoms with van der Waals surface area (Å²) >= 11 is 4.98. The normalized spacial score (nSPS) is 18.3. The van der Waals surface area contributed by atoms with Crippen LogP contribution in [0.1, 0.15) is 16.5 Å². The van der Waals surface area contributed by atoms with Crippen LogP contribution in [-0.4, -0.2) is 11.7 Å². The molecule has 2 aromatic carbocycles. The van der Waals surface area contributed by atoms with Gasteiger partial charge in [0.2, 0.25) is 5.91 Å². The summed E-state index contributed by atoms with van der Waals surface area (Å²) in [6, 6.07) is 12.4. The van der Waals surface area contributed by atoms with Crippen molar-refractivity contribution in [3.05, 3.63) is 63.9 Å². The SMILES string of the molecule is Cc1ccc(F)cc1N1C(=O)CS[C@@H]1c1ccc(Br)cc1. The number of anilines is 1. The van der Waals surface area contributed by atoms with E-state index in [2.05, 4.69) is 15.9 Å². The third kappa shape index (κ3) is 2.85. The number of carbonyl (C=O) groups excluding carboxylic acids is 1. The average Bonchev–Trinajstić information content (AvgIpc) is 2.84. The lowest BCUT2D eigenvalue weighted by Gasteiger charge is -2.26. The first-order chi connectivity index (χ1) is 10.1. The fourth-order valence-corrected chi connectivity index (χ4v) is 3.83. The molecule has 0 saturated carbocycles. The zero-order valence-electron chi connectivity index (χ0n) is 11.3. The maximum absolute atomic E-state index is 13.6. The number of thioether (sulfide) groups is 1. The molecule has 1 saturated heterocycles. The molecule has 1 aliphatic rings. The Morgan fingerprint density at radius 1 is 1.24 bits per heavy atom. The summed E-state index contributed by atoms with van der Waals surface area (Å²) in [4.78, 5) is 14.0. The van der Waals surface area contributed by atoms with E-state index in [1.807, 2.05) is 31.2 Å². The van der Waals surface area contributed by atoms with E-state index in [0.717, 1.165) is 15.6 Å². The van der Waals surface area contributed by atoms with Gasteiger partial charge >= 0.3 is 0 Å². The van der Waals surface area contributed by atoms with Crippen LogP contribution < -0.4 is 4.90 Å². The van der Waals surface area contributed by atoms with Gasteiger partial charge in [0.25, 0.3) is 0 Å². The molecule has 0 N–H and O–H groups in total. The highest BCUT2D eigenvalue weighted by Gasteiger charge is 2.34. The summed E-state index contributed by atoms with van der Waals surface area (Å²) in [5, 5.41) is -0.105. The van der Waals surface area contributed by atoms with Gasteiger partial charge in [-0.2, -0.15) is 0 Å². The molecule has 2 aromatic rings. The van der Waals surface area contributed by atoms with E-state index < -0.39 is 0 Å². The first kappa shape index (κ1) is 14.6. The average molecular weight is 366 g/mol. The molecule has 2 nitrogen and oxygen atoms in total. The molecule has 0 bridgehead atoms. The third-order valence-corrected chi connectivity index (χ3v) is 5.19. The highest BCUT2D eigenvalue weighted by molar-refractivity contribution is 9.10. The lowest BCUT2D eigenvalue weighted by atomic mass is 10.1. The number of benzene rings is 2. The van der Waals surface area contributed by atoms with Crippen molar-refractivity contribution in [1.82, 2.24) is 0 Å². The summed E-state index contributed by atoms with van der Waals surface area (Å²) in [5.74, 6) is 0.105. The van der Waals surface area contributed by atoms with Gasteiger partial charge in [-0.1, -0.05) is 34.1 Å². The molecule has 1 heterocycles. The highest BCUT2D eigenvalue weighted by Crippen LogP contribution is 2.43. The van der Waals surface area contributed by atoms with Crippen molar-refractivity contribution in [2.24, 2.45) is 0 Å². The maximum atomic E-state index is 13.6. The molecule has 0 aromatic heterocycles. The number of nitrogens with zero attached hydrogens (tertiary/aromatic N) is 1. The molecule has 0 radical (unpaired) electrons. The van der Waals surface area contributed by atoms with E-state index in [-0.39, 0.29) is 17.1 Å². The smallest absolute Gasteiger partial charge is 0.238 e. The van der Waals surface area contributed by atoms with Crippen LogP contribution in [0.2, 0.25) is 0 Å². The second-order valence-corrected chi connectivity index (χ2v) is 6.89. The minimum Gasteiger partial charge on any atom is -0.295 e. The van der Waals surface area contributed by atoms with Crippen molar-refractivity contribution in [2.45, 2.75) is 12.3 Å². The van der Waals surface area contributed by atoms with Gasteiger partial charge in [0.05, 0.1) is 11.4 Å². The minimum absolute atomic E-state index is 0.0154. The second kappa shape index (κ2) is 5.81. The number of hydrogen-bond acceptors (Lipinski definition) is 2. The Bertz CT molecular complexity index is 689. The summed E-state index contributed by atoms with van der Waals surface area (Å²) in [6.07, 6.45) is 0. The number of halogens is 2. The first-order valence-corrected chi connectivity index (χ1v) is 8.36. The molecule has 0 spiro atoms. The Morgan fingerprint density at radius 3 is 2.67 bits per heavy atom. The van der Waals surface area contributed by atoms with Gasteiger partial charge in [0.15, 0.2) is 0 Å². The fourth-order valence-electron chi connectivity index (χ4n) is 2.40. The molecule has 1 fully saturated rings. The molecule has 108 valence electrons. The molecule has 5 heteroatoms. The van der Waals surface area contributed by atoms with Crippen LogP contribution in [0.3, 0.4) is 0 Å². The Labute approximate surface area is 135 Å². The van der Waals surface area contributed by atoms with Crippen molar-refractivity contribution in [3.63, 3.8) is 0 Å². The Kier molecular flexibility index (Phi) is 4.04. The summed E-state index contributed by atoms with van der Waals surface area (Å²) < 4.78 is 14.6. The molecular formula is C16H13BrFNOS. The lowest BCUT2D eigenvalue weighted by Crippen LogP contribution is -2.28. The molecule has 1 aliphatic heterocycles.